The number of anilines is 1. The maximum atomic E-state index is 11.7. The van der Waals surface area contributed by atoms with Gasteiger partial charge in [0.05, 0.1) is 12.8 Å². The molecule has 0 spiro atoms. The number of ether oxygens (including phenoxy) is 1. The molecule has 0 saturated heterocycles. The number of rotatable bonds is 4. The molecular formula is C13H20N2O2. The van der Waals surface area contributed by atoms with Gasteiger partial charge in [0.25, 0.3) is 0 Å². The number of amides is 2. The van der Waals surface area contributed by atoms with Gasteiger partial charge in [-0.05, 0) is 38.0 Å². The predicted molar refractivity (Wildman–Crippen MR) is 69.6 cm³/mol. The molecule has 1 aromatic carbocycles. The minimum absolute atomic E-state index is 0.158. The maximum Gasteiger partial charge on any atom is 0.319 e. The summed E-state index contributed by atoms with van der Waals surface area (Å²) in [5.74, 6) is 0.662. The smallest absolute Gasteiger partial charge is 0.319 e. The standard InChI is InChI=1S/C13H20N2O2/c1-5-10(3)14-13(16)15-11-8-9(2)6-7-12(11)17-4/h6-8,10H,5H2,1-4H3,(H2,14,15,16). The zero-order valence-corrected chi connectivity index (χ0v) is 10.8. The monoisotopic (exact) mass is 236 g/mol. The van der Waals surface area contributed by atoms with Crippen molar-refractivity contribution in [2.75, 3.05) is 12.4 Å². The van der Waals surface area contributed by atoms with E-state index in [1.54, 1.807) is 7.11 Å². The van der Waals surface area contributed by atoms with E-state index in [1.165, 1.54) is 0 Å². The van der Waals surface area contributed by atoms with Crippen LogP contribution in [0.25, 0.3) is 0 Å². The minimum Gasteiger partial charge on any atom is -0.495 e. The van der Waals surface area contributed by atoms with Crippen molar-refractivity contribution in [3.8, 4) is 5.75 Å². The molecule has 0 heterocycles. The molecular weight excluding hydrogens is 216 g/mol. The highest BCUT2D eigenvalue weighted by Gasteiger charge is 2.09. The third kappa shape index (κ3) is 3.98. The molecule has 0 aliphatic carbocycles. The number of benzene rings is 1. The van der Waals surface area contributed by atoms with Crippen LogP contribution in [0, 0.1) is 6.92 Å². The Morgan fingerprint density at radius 2 is 2.18 bits per heavy atom. The molecule has 1 unspecified atom stereocenters. The van der Waals surface area contributed by atoms with Crippen LogP contribution in [0.1, 0.15) is 25.8 Å². The van der Waals surface area contributed by atoms with Crippen molar-refractivity contribution in [1.82, 2.24) is 5.32 Å². The summed E-state index contributed by atoms with van der Waals surface area (Å²) in [5.41, 5.74) is 1.76. The van der Waals surface area contributed by atoms with Gasteiger partial charge in [0.15, 0.2) is 0 Å². The lowest BCUT2D eigenvalue weighted by molar-refractivity contribution is 0.249. The van der Waals surface area contributed by atoms with Crippen LogP contribution in [0.4, 0.5) is 10.5 Å². The Balaban J connectivity index is 2.73. The lowest BCUT2D eigenvalue weighted by Gasteiger charge is -2.14. The van der Waals surface area contributed by atoms with Crippen molar-refractivity contribution in [3.05, 3.63) is 23.8 Å². The second kappa shape index (κ2) is 6.13. The van der Waals surface area contributed by atoms with Gasteiger partial charge in [0, 0.05) is 6.04 Å². The number of hydrogen-bond donors (Lipinski definition) is 2. The number of urea groups is 1. The topological polar surface area (TPSA) is 50.4 Å². The summed E-state index contributed by atoms with van der Waals surface area (Å²) in [4.78, 5) is 11.7. The Morgan fingerprint density at radius 3 is 2.76 bits per heavy atom. The quantitative estimate of drug-likeness (QED) is 0.844. The van der Waals surface area contributed by atoms with Gasteiger partial charge in [-0.3, -0.25) is 0 Å². The third-order valence-electron chi connectivity index (χ3n) is 2.59. The highest BCUT2D eigenvalue weighted by Crippen LogP contribution is 2.24. The molecule has 17 heavy (non-hydrogen) atoms. The fourth-order valence-corrected chi connectivity index (χ4v) is 1.40. The summed E-state index contributed by atoms with van der Waals surface area (Å²) >= 11 is 0. The normalized spacial score (nSPS) is 11.8. The maximum absolute atomic E-state index is 11.7. The number of carbonyl (C=O) groups excluding carboxylic acids is 1. The van der Waals surface area contributed by atoms with Crippen molar-refractivity contribution in [3.63, 3.8) is 0 Å². The van der Waals surface area contributed by atoms with Gasteiger partial charge >= 0.3 is 6.03 Å². The minimum atomic E-state index is -0.205. The van der Waals surface area contributed by atoms with Gasteiger partial charge in [-0.2, -0.15) is 0 Å². The third-order valence-corrected chi connectivity index (χ3v) is 2.59. The highest BCUT2D eigenvalue weighted by atomic mass is 16.5. The molecule has 2 amide bonds. The molecule has 0 fully saturated rings. The lowest BCUT2D eigenvalue weighted by atomic mass is 10.2. The largest absolute Gasteiger partial charge is 0.495 e. The molecule has 1 atom stereocenters. The fourth-order valence-electron chi connectivity index (χ4n) is 1.40. The van der Waals surface area contributed by atoms with Gasteiger partial charge in [-0.15, -0.1) is 0 Å². The molecule has 0 bridgehead atoms. The van der Waals surface area contributed by atoms with Gasteiger partial charge in [-0.1, -0.05) is 13.0 Å². The van der Waals surface area contributed by atoms with Crippen molar-refractivity contribution >= 4 is 11.7 Å². The van der Waals surface area contributed by atoms with Crippen LogP contribution < -0.4 is 15.4 Å². The summed E-state index contributed by atoms with van der Waals surface area (Å²) in [6, 6.07) is 5.62. The van der Waals surface area contributed by atoms with Crippen molar-refractivity contribution in [1.29, 1.82) is 0 Å². The number of methoxy groups -OCH3 is 1. The van der Waals surface area contributed by atoms with Crippen molar-refractivity contribution in [2.24, 2.45) is 0 Å². The van der Waals surface area contributed by atoms with E-state index >= 15 is 0 Å². The first kappa shape index (κ1) is 13.4. The highest BCUT2D eigenvalue weighted by molar-refractivity contribution is 5.91. The first-order chi connectivity index (χ1) is 8.06. The van der Waals surface area contributed by atoms with Gasteiger partial charge in [0.2, 0.25) is 0 Å². The zero-order valence-electron chi connectivity index (χ0n) is 10.8. The second-order valence-electron chi connectivity index (χ2n) is 4.11. The van der Waals surface area contributed by atoms with Crippen LogP contribution in [0.15, 0.2) is 18.2 Å². The Morgan fingerprint density at radius 1 is 1.47 bits per heavy atom. The van der Waals surface area contributed by atoms with Crippen LogP contribution in [0.3, 0.4) is 0 Å². The van der Waals surface area contributed by atoms with E-state index in [4.69, 9.17) is 4.74 Å². The van der Waals surface area contributed by atoms with Gasteiger partial charge < -0.3 is 15.4 Å². The molecule has 94 valence electrons. The average Bonchev–Trinajstić information content (AvgIpc) is 2.29. The van der Waals surface area contributed by atoms with Gasteiger partial charge in [-0.25, -0.2) is 4.79 Å². The SMILES string of the molecule is CCC(C)NC(=O)Nc1cc(C)ccc1OC. The molecule has 1 rings (SSSR count). The Kier molecular flexibility index (Phi) is 4.82. The summed E-state index contributed by atoms with van der Waals surface area (Å²) in [7, 11) is 1.59. The zero-order chi connectivity index (χ0) is 12.8. The fraction of sp³-hybridized carbons (Fsp3) is 0.462. The molecule has 0 saturated carbocycles. The average molecular weight is 236 g/mol. The molecule has 0 aromatic heterocycles. The molecule has 0 aliphatic rings. The van der Waals surface area contributed by atoms with E-state index in [2.05, 4.69) is 10.6 Å². The van der Waals surface area contributed by atoms with Crippen LogP contribution in [0.2, 0.25) is 0 Å². The van der Waals surface area contributed by atoms with E-state index in [0.717, 1.165) is 12.0 Å². The van der Waals surface area contributed by atoms with E-state index in [-0.39, 0.29) is 12.1 Å². The molecule has 4 nitrogen and oxygen atoms in total. The van der Waals surface area contributed by atoms with Crippen LogP contribution in [-0.2, 0) is 0 Å². The number of hydrogen-bond acceptors (Lipinski definition) is 2. The van der Waals surface area contributed by atoms with E-state index in [1.807, 2.05) is 39.0 Å². The summed E-state index contributed by atoms with van der Waals surface area (Å²) in [6.07, 6.45) is 0.901. The number of carbonyl (C=O) groups is 1. The Bertz CT molecular complexity index is 391. The number of nitrogens with one attached hydrogen (secondary N) is 2. The lowest BCUT2D eigenvalue weighted by Crippen LogP contribution is -2.35. The molecule has 1 aromatic rings. The Labute approximate surface area is 102 Å². The number of aryl methyl sites for hydroxylation is 1. The Hall–Kier alpha value is -1.71. The van der Waals surface area contributed by atoms with E-state index < -0.39 is 0 Å². The summed E-state index contributed by atoms with van der Waals surface area (Å²) in [6.45, 7) is 5.96. The van der Waals surface area contributed by atoms with E-state index in [0.29, 0.717) is 11.4 Å². The summed E-state index contributed by atoms with van der Waals surface area (Å²) < 4.78 is 5.19. The molecule has 2 N–H and O–H groups in total. The molecule has 4 heteroatoms. The predicted octanol–water partition coefficient (Wildman–Crippen LogP) is 2.92. The van der Waals surface area contributed by atoms with E-state index in [9.17, 15) is 4.79 Å². The molecule has 0 radical (unpaired) electrons. The van der Waals surface area contributed by atoms with Gasteiger partial charge in [0.1, 0.15) is 5.75 Å². The molecule has 0 aliphatic heterocycles. The van der Waals surface area contributed by atoms with Crippen LogP contribution in [-0.4, -0.2) is 19.2 Å². The van der Waals surface area contributed by atoms with Crippen molar-refractivity contribution in [2.45, 2.75) is 33.2 Å². The first-order valence-electron chi connectivity index (χ1n) is 5.79. The van der Waals surface area contributed by atoms with Crippen LogP contribution in [0.5, 0.6) is 5.75 Å². The summed E-state index contributed by atoms with van der Waals surface area (Å²) in [5, 5.41) is 5.64. The van der Waals surface area contributed by atoms with Crippen LogP contribution >= 0.6 is 0 Å². The first-order valence-corrected chi connectivity index (χ1v) is 5.79. The van der Waals surface area contributed by atoms with Crippen molar-refractivity contribution < 1.29 is 9.53 Å². The second-order valence-corrected chi connectivity index (χ2v) is 4.11.